The second-order valence-electron chi connectivity index (χ2n) is 7.24. The zero-order valence-electron chi connectivity index (χ0n) is 12.8. The first kappa shape index (κ1) is 15.9. The molecule has 105 valence electrons. The summed E-state index contributed by atoms with van der Waals surface area (Å²) in [4.78, 5) is 2.56. The molecule has 3 heteroatoms. The van der Waals surface area contributed by atoms with E-state index in [1.165, 1.54) is 0 Å². The van der Waals surface area contributed by atoms with Crippen molar-refractivity contribution in [3.63, 3.8) is 0 Å². The van der Waals surface area contributed by atoms with Crippen LogP contribution >= 0.6 is 0 Å². The number of nitrogens with zero attached hydrogens (tertiary/aromatic N) is 2. The SMILES string of the molecule is CC([NH])CCCCN1C(C)(C)CC([N])CC1(C)C. The van der Waals surface area contributed by atoms with Crippen molar-refractivity contribution in [1.82, 2.24) is 16.4 Å². The average molecular weight is 252 g/mol. The summed E-state index contributed by atoms with van der Waals surface area (Å²) in [5, 5.41) is 0. The molecule has 0 aromatic heterocycles. The summed E-state index contributed by atoms with van der Waals surface area (Å²) in [6.07, 6.45) is 5.02. The van der Waals surface area contributed by atoms with Crippen molar-refractivity contribution in [2.75, 3.05) is 6.54 Å². The van der Waals surface area contributed by atoms with Gasteiger partial charge in [-0.1, -0.05) is 6.42 Å². The molecule has 1 heterocycles. The smallest absolute Gasteiger partial charge is 0.0468 e. The van der Waals surface area contributed by atoms with Crippen molar-refractivity contribution >= 4 is 0 Å². The van der Waals surface area contributed by atoms with Crippen LogP contribution in [0.4, 0.5) is 0 Å². The van der Waals surface area contributed by atoms with Crippen LogP contribution < -0.4 is 11.5 Å². The van der Waals surface area contributed by atoms with Crippen molar-refractivity contribution in [2.45, 2.75) is 89.9 Å². The van der Waals surface area contributed by atoms with Crippen molar-refractivity contribution in [2.24, 2.45) is 0 Å². The van der Waals surface area contributed by atoms with Crippen LogP contribution in [0.5, 0.6) is 0 Å². The maximum Gasteiger partial charge on any atom is 0.0468 e. The quantitative estimate of drug-likeness (QED) is 0.694. The largest absolute Gasteiger partial charge is 0.293 e. The fourth-order valence-electron chi connectivity index (χ4n) is 3.59. The third-order valence-electron chi connectivity index (χ3n) is 4.20. The summed E-state index contributed by atoms with van der Waals surface area (Å²) < 4.78 is 0. The monoisotopic (exact) mass is 252 g/mol. The molecule has 0 bridgehead atoms. The van der Waals surface area contributed by atoms with Gasteiger partial charge in [0.1, 0.15) is 0 Å². The second kappa shape index (κ2) is 5.89. The lowest BCUT2D eigenvalue weighted by atomic mass is 9.77. The predicted octanol–water partition coefficient (Wildman–Crippen LogP) is 2.92. The van der Waals surface area contributed by atoms with Gasteiger partial charge in [-0.15, -0.1) is 5.73 Å². The molecule has 1 saturated heterocycles. The Hall–Kier alpha value is -0.120. The molecule has 1 aliphatic heterocycles. The molecule has 0 saturated carbocycles. The molecule has 0 spiro atoms. The van der Waals surface area contributed by atoms with E-state index in [2.05, 4.69) is 32.6 Å². The first-order valence-electron chi connectivity index (χ1n) is 7.32. The van der Waals surface area contributed by atoms with E-state index in [0.29, 0.717) is 0 Å². The Morgan fingerprint density at radius 2 is 1.67 bits per heavy atom. The van der Waals surface area contributed by atoms with Crippen molar-refractivity contribution in [3.8, 4) is 0 Å². The Morgan fingerprint density at radius 1 is 1.17 bits per heavy atom. The lowest BCUT2D eigenvalue weighted by Crippen LogP contribution is -2.62. The fraction of sp³-hybridized carbons (Fsp3) is 1.00. The van der Waals surface area contributed by atoms with Crippen LogP contribution in [0.1, 0.15) is 66.7 Å². The molecule has 3 nitrogen and oxygen atoms in total. The van der Waals surface area contributed by atoms with Gasteiger partial charge < -0.3 is 0 Å². The van der Waals surface area contributed by atoms with E-state index in [0.717, 1.165) is 38.6 Å². The highest BCUT2D eigenvalue weighted by atomic mass is 15.3. The third kappa shape index (κ3) is 4.22. The highest BCUT2D eigenvalue weighted by Gasteiger charge is 2.44. The molecule has 1 fully saturated rings. The van der Waals surface area contributed by atoms with Crippen LogP contribution in [0.3, 0.4) is 0 Å². The van der Waals surface area contributed by atoms with E-state index in [1.807, 2.05) is 6.92 Å². The molecule has 1 atom stereocenters. The van der Waals surface area contributed by atoms with Crippen LogP contribution in [0, 0.1) is 0 Å². The van der Waals surface area contributed by atoms with Crippen molar-refractivity contribution in [1.29, 1.82) is 0 Å². The van der Waals surface area contributed by atoms with Crippen LogP contribution in [0.25, 0.3) is 0 Å². The molecule has 1 unspecified atom stereocenters. The molecule has 0 aromatic rings. The number of hydrogen-bond acceptors (Lipinski definition) is 1. The third-order valence-corrected chi connectivity index (χ3v) is 4.20. The first-order chi connectivity index (χ1) is 8.15. The summed E-state index contributed by atoms with van der Waals surface area (Å²) in [5.41, 5.74) is 17.7. The van der Waals surface area contributed by atoms with Gasteiger partial charge in [0, 0.05) is 23.2 Å². The molecule has 1 aliphatic rings. The predicted molar refractivity (Wildman–Crippen MR) is 76.4 cm³/mol. The second-order valence-corrected chi connectivity index (χ2v) is 7.24. The van der Waals surface area contributed by atoms with E-state index in [-0.39, 0.29) is 23.2 Å². The minimum absolute atomic E-state index is 0.0641. The zero-order chi connectivity index (χ0) is 14.0. The lowest BCUT2D eigenvalue weighted by molar-refractivity contribution is -0.0366. The molecule has 3 radical (unpaired) electrons. The summed E-state index contributed by atoms with van der Waals surface area (Å²) in [5.74, 6) is 0. The van der Waals surface area contributed by atoms with E-state index >= 15 is 0 Å². The molecule has 18 heavy (non-hydrogen) atoms. The molecule has 0 aliphatic carbocycles. The minimum Gasteiger partial charge on any atom is -0.293 e. The first-order valence-corrected chi connectivity index (χ1v) is 7.32. The summed E-state index contributed by atoms with van der Waals surface area (Å²) in [6.45, 7) is 12.0. The highest BCUT2D eigenvalue weighted by molar-refractivity contribution is 5.01. The van der Waals surface area contributed by atoms with E-state index < -0.39 is 0 Å². The fourth-order valence-corrected chi connectivity index (χ4v) is 3.59. The van der Waals surface area contributed by atoms with Gasteiger partial charge in [-0.3, -0.25) is 10.6 Å². The van der Waals surface area contributed by atoms with Crippen LogP contribution in [0.15, 0.2) is 0 Å². The number of hydrogen-bond donors (Lipinski definition) is 0. The standard InChI is InChI=1S/C15H30N3/c1-12(16)8-6-7-9-18-14(2,3)10-13(17)11-15(18,4)5/h12-13,16H,6-11H2,1-5H3. The highest BCUT2D eigenvalue weighted by Crippen LogP contribution is 2.38. The number of piperidine rings is 1. The maximum absolute atomic E-state index is 9.99. The Morgan fingerprint density at radius 3 is 2.11 bits per heavy atom. The van der Waals surface area contributed by atoms with Crippen molar-refractivity contribution < 1.29 is 0 Å². The maximum atomic E-state index is 9.99. The van der Waals surface area contributed by atoms with Gasteiger partial charge in [0.25, 0.3) is 0 Å². The van der Waals surface area contributed by atoms with Gasteiger partial charge in [-0.2, -0.15) is 0 Å². The summed E-state index contributed by atoms with van der Waals surface area (Å²) >= 11 is 0. The van der Waals surface area contributed by atoms with E-state index in [9.17, 15) is 5.73 Å². The topological polar surface area (TPSA) is 49.3 Å². The minimum atomic E-state index is -0.167. The van der Waals surface area contributed by atoms with Crippen LogP contribution in [0.2, 0.25) is 0 Å². The molecular formula is C15H30N3. The normalized spacial score (nSPS) is 26.2. The van der Waals surface area contributed by atoms with Gasteiger partial charge in [0.15, 0.2) is 0 Å². The van der Waals surface area contributed by atoms with Crippen LogP contribution in [-0.2, 0) is 0 Å². The number of likely N-dealkylation sites (tertiary alicyclic amines) is 1. The number of nitrogens with one attached hydrogen (secondary N) is 1. The van der Waals surface area contributed by atoms with Gasteiger partial charge >= 0.3 is 0 Å². The Balaban J connectivity index is 2.54. The summed E-state index contributed by atoms with van der Waals surface area (Å²) in [7, 11) is 0. The zero-order valence-corrected chi connectivity index (χ0v) is 12.8. The number of unbranched alkanes of at least 4 members (excludes halogenated alkanes) is 1. The average Bonchev–Trinajstić information content (AvgIpc) is 2.11. The van der Waals surface area contributed by atoms with Gasteiger partial charge in [0.2, 0.25) is 0 Å². The lowest BCUT2D eigenvalue weighted by Gasteiger charge is -2.54. The van der Waals surface area contributed by atoms with E-state index in [1.54, 1.807) is 0 Å². The Bertz CT molecular complexity index is 240. The Labute approximate surface area is 113 Å². The van der Waals surface area contributed by atoms with E-state index in [4.69, 9.17) is 5.73 Å². The molecule has 0 aromatic carbocycles. The summed E-state index contributed by atoms with van der Waals surface area (Å²) in [6, 6.07) is -0.103. The molecule has 0 amide bonds. The van der Waals surface area contributed by atoms with Gasteiger partial charge in [-0.25, -0.2) is 0 Å². The molecular weight excluding hydrogens is 222 g/mol. The molecule has 1 rings (SSSR count). The Kier molecular flexibility index (Phi) is 5.22. The van der Waals surface area contributed by atoms with Gasteiger partial charge in [-0.05, 0) is 66.8 Å². The van der Waals surface area contributed by atoms with Crippen LogP contribution in [-0.4, -0.2) is 34.6 Å². The van der Waals surface area contributed by atoms with Gasteiger partial charge in [0.05, 0.1) is 0 Å². The van der Waals surface area contributed by atoms with Crippen molar-refractivity contribution in [3.05, 3.63) is 0 Å². The number of rotatable bonds is 5. The molecule has 1 N–H and O–H groups in total.